The van der Waals surface area contributed by atoms with Crippen LogP contribution < -0.4 is 16.4 Å². The number of urea groups is 1. The second-order valence-electron chi connectivity index (χ2n) is 3.88. The summed E-state index contributed by atoms with van der Waals surface area (Å²) in [4.78, 5) is 21.8. The predicted molar refractivity (Wildman–Crippen MR) is 60.5 cm³/mol. The second kappa shape index (κ2) is 4.32. The maximum atomic E-state index is 10.9. The number of hydrogen-bond donors (Lipinski definition) is 4. The fourth-order valence-electron chi connectivity index (χ4n) is 1.96. The van der Waals surface area contributed by atoms with Crippen LogP contribution in [0, 0.1) is 0 Å². The van der Waals surface area contributed by atoms with Gasteiger partial charge in [-0.1, -0.05) is 6.08 Å². The normalized spacial score (nSPS) is 18.6. The molecule has 0 aromatic rings. The van der Waals surface area contributed by atoms with Crippen molar-refractivity contribution in [2.45, 2.75) is 19.3 Å². The summed E-state index contributed by atoms with van der Waals surface area (Å²) in [6.07, 6.45) is 5.98. The van der Waals surface area contributed by atoms with Gasteiger partial charge in [0.25, 0.3) is 0 Å². The highest BCUT2D eigenvalue weighted by atomic mass is 16.4. The van der Waals surface area contributed by atoms with Crippen LogP contribution >= 0.6 is 0 Å². The lowest BCUT2D eigenvalue weighted by Crippen LogP contribution is -2.34. The number of fused-ring (bicyclic) bond motifs is 1. The van der Waals surface area contributed by atoms with E-state index in [4.69, 9.17) is 10.8 Å². The van der Waals surface area contributed by atoms with Gasteiger partial charge in [0.1, 0.15) is 5.70 Å². The van der Waals surface area contributed by atoms with E-state index < -0.39 is 12.0 Å². The Morgan fingerprint density at radius 2 is 2.24 bits per heavy atom. The molecule has 2 rings (SSSR count). The van der Waals surface area contributed by atoms with Crippen LogP contribution in [0.2, 0.25) is 0 Å². The molecule has 1 aliphatic carbocycles. The Bertz CT molecular complexity index is 474. The molecule has 0 radical (unpaired) electrons. The molecule has 2 amide bonds. The van der Waals surface area contributed by atoms with Crippen molar-refractivity contribution < 1.29 is 14.7 Å². The number of nitrogens with one attached hydrogen (secondary N) is 2. The maximum Gasteiger partial charge on any atom is 0.352 e. The van der Waals surface area contributed by atoms with Crippen LogP contribution in [0.4, 0.5) is 4.79 Å². The summed E-state index contributed by atoms with van der Waals surface area (Å²) < 4.78 is 0. The number of allylic oxidation sites excluding steroid dienone is 3. The molecule has 0 unspecified atom stereocenters. The highest BCUT2D eigenvalue weighted by molar-refractivity contribution is 5.88. The van der Waals surface area contributed by atoms with Gasteiger partial charge in [-0.3, -0.25) is 0 Å². The van der Waals surface area contributed by atoms with Crippen LogP contribution in [0.5, 0.6) is 0 Å². The number of hydrogen-bond acceptors (Lipinski definition) is 3. The monoisotopic (exact) mass is 235 g/mol. The Hall–Kier alpha value is -2.24. The molecule has 0 aromatic carbocycles. The molecule has 6 nitrogen and oxygen atoms in total. The molecule has 0 aromatic heterocycles. The number of rotatable bonds is 2. The number of carbonyl (C=O) groups excluding carboxylic acids is 1. The van der Waals surface area contributed by atoms with Crippen molar-refractivity contribution in [2.24, 2.45) is 5.73 Å². The summed E-state index contributed by atoms with van der Waals surface area (Å²) >= 11 is 0. The number of primary amides is 1. The van der Waals surface area contributed by atoms with Gasteiger partial charge >= 0.3 is 12.0 Å². The molecule has 17 heavy (non-hydrogen) atoms. The summed E-state index contributed by atoms with van der Waals surface area (Å²) in [5.41, 5.74) is 7.22. The Morgan fingerprint density at radius 3 is 2.88 bits per heavy atom. The van der Waals surface area contributed by atoms with E-state index in [-0.39, 0.29) is 5.70 Å². The summed E-state index contributed by atoms with van der Waals surface area (Å²) in [5.74, 6) is -1.07. The van der Waals surface area contributed by atoms with Gasteiger partial charge < -0.3 is 21.5 Å². The number of nitrogens with two attached hydrogens (primary N) is 1. The van der Waals surface area contributed by atoms with Crippen LogP contribution in [0.3, 0.4) is 0 Å². The van der Waals surface area contributed by atoms with Crippen molar-refractivity contribution in [1.29, 1.82) is 0 Å². The lowest BCUT2D eigenvalue weighted by molar-refractivity contribution is -0.133. The Kier molecular flexibility index (Phi) is 2.86. The zero-order chi connectivity index (χ0) is 12.4. The minimum absolute atomic E-state index is 0.0330. The number of carbonyl (C=O) groups is 2. The molecular formula is C11H13N3O3. The molecule has 1 aliphatic heterocycles. The molecule has 6 heteroatoms. The van der Waals surface area contributed by atoms with E-state index in [9.17, 15) is 9.59 Å². The molecule has 90 valence electrons. The zero-order valence-corrected chi connectivity index (χ0v) is 9.12. The molecule has 0 bridgehead atoms. The summed E-state index contributed by atoms with van der Waals surface area (Å²) in [6.45, 7) is 0. The fourth-order valence-corrected chi connectivity index (χ4v) is 1.96. The quantitative estimate of drug-likeness (QED) is 0.561. The molecule has 0 spiro atoms. The van der Waals surface area contributed by atoms with E-state index in [2.05, 4.69) is 10.6 Å². The SMILES string of the molecule is NC(=O)NC1=C2CCCC=C2NC(C(=O)O)=C1. The van der Waals surface area contributed by atoms with Gasteiger partial charge in [0.2, 0.25) is 0 Å². The van der Waals surface area contributed by atoms with Crippen molar-refractivity contribution in [1.82, 2.24) is 10.6 Å². The molecule has 5 N–H and O–H groups in total. The topological polar surface area (TPSA) is 104 Å². The van der Waals surface area contributed by atoms with E-state index in [1.54, 1.807) is 0 Å². The van der Waals surface area contributed by atoms with E-state index in [0.717, 1.165) is 30.5 Å². The molecule has 0 saturated heterocycles. The first-order valence-electron chi connectivity index (χ1n) is 5.30. The first-order chi connectivity index (χ1) is 8.08. The van der Waals surface area contributed by atoms with Crippen molar-refractivity contribution >= 4 is 12.0 Å². The van der Waals surface area contributed by atoms with Crippen molar-refractivity contribution in [2.75, 3.05) is 0 Å². The lowest BCUT2D eigenvalue weighted by atomic mass is 9.93. The molecule has 0 fully saturated rings. The number of carboxylic acid groups (broad SMARTS) is 1. The number of amides is 2. The molecule has 2 aliphatic rings. The minimum Gasteiger partial charge on any atom is -0.477 e. The average molecular weight is 235 g/mol. The Morgan fingerprint density at radius 1 is 1.47 bits per heavy atom. The average Bonchev–Trinajstić information content (AvgIpc) is 2.28. The van der Waals surface area contributed by atoms with Gasteiger partial charge in [-0.25, -0.2) is 9.59 Å². The van der Waals surface area contributed by atoms with Crippen LogP contribution in [-0.4, -0.2) is 17.1 Å². The largest absolute Gasteiger partial charge is 0.477 e. The minimum atomic E-state index is -1.07. The van der Waals surface area contributed by atoms with Crippen molar-refractivity contribution in [3.63, 3.8) is 0 Å². The summed E-state index contributed by atoms with van der Waals surface area (Å²) in [7, 11) is 0. The molecular weight excluding hydrogens is 222 g/mol. The number of aliphatic carboxylic acids is 1. The van der Waals surface area contributed by atoms with Crippen LogP contribution in [0.1, 0.15) is 19.3 Å². The van der Waals surface area contributed by atoms with Gasteiger partial charge in [-0.05, 0) is 30.9 Å². The highest BCUT2D eigenvalue weighted by Gasteiger charge is 2.23. The third-order valence-electron chi connectivity index (χ3n) is 2.68. The highest BCUT2D eigenvalue weighted by Crippen LogP contribution is 2.28. The third-order valence-corrected chi connectivity index (χ3v) is 2.68. The maximum absolute atomic E-state index is 10.9. The lowest BCUT2D eigenvalue weighted by Gasteiger charge is -2.25. The Balaban J connectivity index is 2.42. The molecule has 1 heterocycles. The third kappa shape index (κ3) is 2.30. The Labute approximate surface area is 97.9 Å². The van der Waals surface area contributed by atoms with E-state index >= 15 is 0 Å². The molecule has 0 atom stereocenters. The van der Waals surface area contributed by atoms with Gasteiger partial charge in [0.15, 0.2) is 0 Å². The summed E-state index contributed by atoms with van der Waals surface area (Å²) in [5, 5.41) is 14.3. The second-order valence-corrected chi connectivity index (χ2v) is 3.88. The number of dihydropyridines is 1. The molecule has 0 saturated carbocycles. The standard InChI is InChI=1S/C11H13N3O3/c12-11(17)14-8-5-9(10(15)16)13-7-4-2-1-3-6(7)8/h4-5,13H,1-3H2,(H,15,16)(H3,12,14,17). The van der Waals surface area contributed by atoms with Crippen LogP contribution in [0.15, 0.2) is 34.8 Å². The van der Waals surface area contributed by atoms with E-state index in [1.807, 2.05) is 6.08 Å². The van der Waals surface area contributed by atoms with Gasteiger partial charge in [-0.15, -0.1) is 0 Å². The smallest absolute Gasteiger partial charge is 0.352 e. The summed E-state index contributed by atoms with van der Waals surface area (Å²) in [6, 6.07) is -0.694. The first kappa shape index (κ1) is 11.3. The van der Waals surface area contributed by atoms with E-state index in [0.29, 0.717) is 5.70 Å². The van der Waals surface area contributed by atoms with E-state index in [1.165, 1.54) is 6.08 Å². The zero-order valence-electron chi connectivity index (χ0n) is 9.12. The number of carboxylic acids is 1. The predicted octanol–water partition coefficient (Wildman–Crippen LogP) is 0.548. The van der Waals surface area contributed by atoms with Crippen LogP contribution in [-0.2, 0) is 4.79 Å². The van der Waals surface area contributed by atoms with Gasteiger partial charge in [0, 0.05) is 11.4 Å². The van der Waals surface area contributed by atoms with Crippen molar-refractivity contribution in [3.05, 3.63) is 34.8 Å². The van der Waals surface area contributed by atoms with Gasteiger partial charge in [-0.2, -0.15) is 0 Å². The van der Waals surface area contributed by atoms with Gasteiger partial charge in [0.05, 0.1) is 0 Å². The first-order valence-corrected chi connectivity index (χ1v) is 5.30. The fraction of sp³-hybridized carbons (Fsp3) is 0.273. The van der Waals surface area contributed by atoms with Crippen molar-refractivity contribution in [3.8, 4) is 0 Å². The van der Waals surface area contributed by atoms with Crippen LogP contribution in [0.25, 0.3) is 0 Å².